The average Bonchev–Trinajstić information content (AvgIpc) is 2.74. The summed E-state index contributed by atoms with van der Waals surface area (Å²) in [6.45, 7) is 5.11. The molecule has 0 spiro atoms. The minimum Gasteiger partial charge on any atom is -0.462 e. The van der Waals surface area contributed by atoms with Crippen LogP contribution in [-0.2, 0) is 16.1 Å². The quantitative estimate of drug-likeness (QED) is 0.702. The first-order chi connectivity index (χ1) is 14.8. The van der Waals surface area contributed by atoms with Crippen molar-refractivity contribution in [3.8, 4) is 0 Å². The van der Waals surface area contributed by atoms with Gasteiger partial charge >= 0.3 is 18.1 Å². The number of esters is 1. The van der Waals surface area contributed by atoms with Gasteiger partial charge in [-0.1, -0.05) is 30.3 Å². The van der Waals surface area contributed by atoms with Crippen LogP contribution in [0.3, 0.4) is 0 Å². The maximum absolute atomic E-state index is 12.8. The van der Waals surface area contributed by atoms with Crippen molar-refractivity contribution in [2.45, 2.75) is 19.6 Å². The number of anilines is 2. The number of carbonyl (C=O) groups is 2. The molecule has 0 radical (unpaired) electrons. The number of benzene rings is 2. The fourth-order valence-corrected chi connectivity index (χ4v) is 3.44. The molecule has 166 valence electrons. The Morgan fingerprint density at radius 1 is 1.03 bits per heavy atom. The van der Waals surface area contributed by atoms with E-state index in [9.17, 15) is 22.8 Å². The highest BCUT2D eigenvalue weighted by atomic mass is 19.4. The predicted octanol–water partition coefficient (Wildman–Crippen LogP) is 3.69. The highest BCUT2D eigenvalue weighted by Gasteiger charge is 2.39. The van der Waals surface area contributed by atoms with E-state index in [4.69, 9.17) is 4.74 Å². The van der Waals surface area contributed by atoms with Gasteiger partial charge in [0.05, 0.1) is 23.5 Å². The summed E-state index contributed by atoms with van der Waals surface area (Å²) in [5.41, 5.74) is 1.63. The molecule has 2 aromatic rings. The van der Waals surface area contributed by atoms with Crippen molar-refractivity contribution in [1.82, 2.24) is 4.90 Å². The Hall–Kier alpha value is -3.07. The normalized spacial score (nSPS) is 14.9. The number of nitrogens with zero attached hydrogens (tertiary/aromatic N) is 2. The molecule has 0 saturated carbocycles. The van der Waals surface area contributed by atoms with Gasteiger partial charge in [-0.15, -0.1) is 0 Å². The van der Waals surface area contributed by atoms with Gasteiger partial charge in [0, 0.05) is 32.7 Å². The van der Waals surface area contributed by atoms with E-state index in [1.165, 1.54) is 17.7 Å². The number of nitrogens with one attached hydrogen (secondary N) is 1. The zero-order chi connectivity index (χ0) is 22.4. The maximum atomic E-state index is 12.8. The molecule has 1 saturated heterocycles. The van der Waals surface area contributed by atoms with E-state index in [2.05, 4.69) is 4.90 Å². The van der Waals surface area contributed by atoms with Gasteiger partial charge < -0.3 is 15.0 Å². The molecule has 0 unspecified atom stereocenters. The minimum absolute atomic E-state index is 0.0654. The molecule has 2 aromatic carbocycles. The van der Waals surface area contributed by atoms with Gasteiger partial charge in [0.1, 0.15) is 0 Å². The van der Waals surface area contributed by atoms with Crippen LogP contribution in [-0.4, -0.2) is 55.7 Å². The Bertz CT molecular complexity index is 911. The van der Waals surface area contributed by atoms with Crippen molar-refractivity contribution >= 4 is 23.3 Å². The minimum atomic E-state index is -5.04. The summed E-state index contributed by atoms with van der Waals surface area (Å²) >= 11 is 0. The van der Waals surface area contributed by atoms with E-state index in [-0.39, 0.29) is 17.9 Å². The lowest BCUT2D eigenvalue weighted by Gasteiger charge is -2.37. The van der Waals surface area contributed by atoms with Gasteiger partial charge in [-0.25, -0.2) is 4.79 Å². The second-order valence-corrected chi connectivity index (χ2v) is 7.15. The molecule has 0 atom stereocenters. The summed E-state index contributed by atoms with van der Waals surface area (Å²) in [5.74, 6) is -2.75. The van der Waals surface area contributed by atoms with Crippen LogP contribution in [0.2, 0.25) is 0 Å². The number of halogens is 3. The number of amides is 1. The monoisotopic (exact) mass is 435 g/mol. The average molecular weight is 435 g/mol. The van der Waals surface area contributed by atoms with Crippen LogP contribution in [0.5, 0.6) is 0 Å². The SMILES string of the molecule is CCOC(=O)c1ccc(N2CCN(Cc3ccccc3)CC2)c(NC(=O)C(F)(F)F)c1. The zero-order valence-electron chi connectivity index (χ0n) is 17.1. The fraction of sp³-hybridized carbons (Fsp3) is 0.364. The lowest BCUT2D eigenvalue weighted by atomic mass is 10.1. The van der Waals surface area contributed by atoms with Gasteiger partial charge in [-0.2, -0.15) is 13.2 Å². The highest BCUT2D eigenvalue weighted by molar-refractivity contribution is 6.00. The predicted molar refractivity (Wildman–Crippen MR) is 111 cm³/mol. The van der Waals surface area contributed by atoms with Crippen molar-refractivity contribution < 1.29 is 27.5 Å². The number of piperazine rings is 1. The van der Waals surface area contributed by atoms with Crippen LogP contribution in [0.4, 0.5) is 24.5 Å². The van der Waals surface area contributed by atoms with Crippen LogP contribution in [0, 0.1) is 0 Å². The van der Waals surface area contributed by atoms with Crippen molar-refractivity contribution in [2.75, 3.05) is 43.0 Å². The molecule has 0 aromatic heterocycles. The molecule has 0 bridgehead atoms. The Morgan fingerprint density at radius 3 is 2.32 bits per heavy atom. The van der Waals surface area contributed by atoms with Crippen molar-refractivity contribution in [2.24, 2.45) is 0 Å². The molecular formula is C22H24F3N3O3. The molecule has 31 heavy (non-hydrogen) atoms. The van der Waals surface area contributed by atoms with Crippen LogP contribution < -0.4 is 10.2 Å². The molecule has 1 aliphatic rings. The molecule has 1 fully saturated rings. The topological polar surface area (TPSA) is 61.9 Å². The summed E-state index contributed by atoms with van der Waals surface area (Å²) in [5, 5.41) is 1.91. The lowest BCUT2D eigenvalue weighted by molar-refractivity contribution is -0.167. The molecular weight excluding hydrogens is 411 g/mol. The van der Waals surface area contributed by atoms with Crippen LogP contribution in [0.1, 0.15) is 22.8 Å². The smallest absolute Gasteiger partial charge is 0.462 e. The fourth-order valence-electron chi connectivity index (χ4n) is 3.44. The second kappa shape index (κ2) is 9.82. The first-order valence-corrected chi connectivity index (χ1v) is 9.98. The largest absolute Gasteiger partial charge is 0.471 e. The van der Waals surface area contributed by atoms with Crippen LogP contribution in [0.25, 0.3) is 0 Å². The number of carbonyl (C=O) groups excluding carboxylic acids is 2. The van der Waals surface area contributed by atoms with Crippen LogP contribution >= 0.6 is 0 Å². The summed E-state index contributed by atoms with van der Waals surface area (Å²) in [7, 11) is 0. The third kappa shape index (κ3) is 5.97. The second-order valence-electron chi connectivity index (χ2n) is 7.15. The molecule has 1 heterocycles. The Balaban J connectivity index is 1.76. The summed E-state index contributed by atoms with van der Waals surface area (Å²) < 4.78 is 43.4. The van der Waals surface area contributed by atoms with Crippen molar-refractivity contribution in [1.29, 1.82) is 0 Å². The van der Waals surface area contributed by atoms with Gasteiger partial charge in [-0.05, 0) is 30.7 Å². The lowest BCUT2D eigenvalue weighted by Crippen LogP contribution is -2.46. The molecule has 0 aliphatic carbocycles. The summed E-state index contributed by atoms with van der Waals surface area (Å²) in [4.78, 5) is 27.7. The first kappa shape index (κ1) is 22.6. The van der Waals surface area contributed by atoms with Crippen LogP contribution in [0.15, 0.2) is 48.5 Å². The van der Waals surface area contributed by atoms with Crippen molar-refractivity contribution in [3.63, 3.8) is 0 Å². The Kier molecular flexibility index (Phi) is 7.17. The third-order valence-electron chi connectivity index (χ3n) is 4.98. The molecule has 1 aliphatic heterocycles. The van der Waals surface area contributed by atoms with E-state index in [0.717, 1.165) is 6.54 Å². The van der Waals surface area contributed by atoms with E-state index >= 15 is 0 Å². The Labute approximate surface area is 178 Å². The molecule has 1 N–H and O–H groups in total. The maximum Gasteiger partial charge on any atom is 0.471 e. The number of hydrogen-bond acceptors (Lipinski definition) is 5. The van der Waals surface area contributed by atoms with E-state index < -0.39 is 18.1 Å². The number of rotatable bonds is 6. The number of alkyl halides is 3. The highest BCUT2D eigenvalue weighted by Crippen LogP contribution is 2.30. The summed E-state index contributed by atoms with van der Waals surface area (Å²) in [6, 6.07) is 14.3. The van der Waals surface area contributed by atoms with Gasteiger partial charge in [0.2, 0.25) is 0 Å². The standard InChI is InChI=1S/C22H24F3N3O3/c1-2-31-20(29)17-8-9-19(18(14-17)26-21(30)22(23,24)25)28-12-10-27(11-13-28)15-16-6-4-3-5-7-16/h3-9,14H,2,10-13,15H2,1H3,(H,26,30). The number of ether oxygens (including phenoxy) is 1. The summed E-state index contributed by atoms with van der Waals surface area (Å²) in [6.07, 6.45) is -5.04. The van der Waals surface area contributed by atoms with Gasteiger partial charge in [0.15, 0.2) is 0 Å². The van der Waals surface area contributed by atoms with Gasteiger partial charge in [-0.3, -0.25) is 9.69 Å². The molecule has 1 amide bonds. The van der Waals surface area contributed by atoms with Gasteiger partial charge in [0.25, 0.3) is 0 Å². The Morgan fingerprint density at radius 2 is 1.71 bits per heavy atom. The molecule has 6 nitrogen and oxygen atoms in total. The van der Waals surface area contributed by atoms with E-state index in [1.807, 2.05) is 40.5 Å². The molecule has 9 heteroatoms. The number of hydrogen-bond donors (Lipinski definition) is 1. The van der Waals surface area contributed by atoms with E-state index in [0.29, 0.717) is 31.9 Å². The first-order valence-electron chi connectivity index (χ1n) is 9.98. The van der Waals surface area contributed by atoms with E-state index in [1.54, 1.807) is 13.0 Å². The third-order valence-corrected chi connectivity index (χ3v) is 4.98. The molecule has 3 rings (SSSR count). The van der Waals surface area contributed by atoms with Crippen molar-refractivity contribution in [3.05, 3.63) is 59.7 Å². The zero-order valence-corrected chi connectivity index (χ0v) is 17.1.